The van der Waals surface area contributed by atoms with Gasteiger partial charge in [-0.25, -0.2) is 13.5 Å². The molecule has 0 bridgehead atoms. The number of benzene rings is 1. The number of hydrogen-bond acceptors (Lipinski definition) is 4. The zero-order valence-electron chi connectivity index (χ0n) is 8.61. The molecule has 0 saturated carbocycles. The summed E-state index contributed by atoms with van der Waals surface area (Å²) in [5.74, 6) is 0.240. The Morgan fingerprint density at radius 2 is 2.06 bits per heavy atom. The molecule has 1 aromatic heterocycles. The number of aromatic nitrogens is 3. The Labute approximate surface area is 107 Å². The van der Waals surface area contributed by atoms with Gasteiger partial charge in [0.1, 0.15) is 0 Å². The number of aryl methyl sites for hydroxylation is 1. The number of rotatable bonds is 2. The van der Waals surface area contributed by atoms with E-state index < -0.39 is 9.05 Å². The summed E-state index contributed by atoms with van der Waals surface area (Å²) in [5, 5.41) is 6.20. The van der Waals surface area contributed by atoms with Gasteiger partial charge in [-0.3, -0.25) is 0 Å². The maximum Gasteiger partial charge on any atom is 0.296 e. The molecule has 1 heterocycles. The molecular formula is C9H7Cl2N3O2S. The fourth-order valence-electron chi connectivity index (χ4n) is 1.31. The van der Waals surface area contributed by atoms with Gasteiger partial charge in [0.2, 0.25) is 0 Å². The van der Waals surface area contributed by atoms with Crippen molar-refractivity contribution >= 4 is 31.3 Å². The highest BCUT2D eigenvalue weighted by Crippen LogP contribution is 2.24. The van der Waals surface area contributed by atoms with Crippen molar-refractivity contribution in [2.45, 2.75) is 12.1 Å². The summed E-state index contributed by atoms with van der Waals surface area (Å²) in [5.41, 5.74) is 1.53. The van der Waals surface area contributed by atoms with Crippen LogP contribution < -0.4 is 0 Å². The van der Waals surface area contributed by atoms with Crippen molar-refractivity contribution in [2.75, 3.05) is 0 Å². The molecule has 5 nitrogen and oxygen atoms in total. The number of aromatic amines is 1. The number of halogens is 2. The van der Waals surface area contributed by atoms with Crippen LogP contribution in [0.4, 0.5) is 0 Å². The highest BCUT2D eigenvalue weighted by Gasteiger charge is 2.17. The van der Waals surface area contributed by atoms with E-state index in [0.717, 1.165) is 5.56 Å². The fourth-order valence-corrected chi connectivity index (χ4v) is 2.04. The molecule has 0 radical (unpaired) electrons. The minimum absolute atomic E-state index is 0.240. The van der Waals surface area contributed by atoms with Gasteiger partial charge in [-0.2, -0.15) is 10.1 Å². The molecule has 0 aliphatic rings. The number of hydrogen-bond donors (Lipinski definition) is 1. The molecule has 0 fully saturated rings. The van der Waals surface area contributed by atoms with Crippen LogP contribution >= 0.6 is 22.3 Å². The van der Waals surface area contributed by atoms with E-state index in [0.29, 0.717) is 10.6 Å². The molecule has 1 aromatic carbocycles. The molecule has 0 saturated heterocycles. The van der Waals surface area contributed by atoms with Crippen molar-refractivity contribution in [2.24, 2.45) is 0 Å². The lowest BCUT2D eigenvalue weighted by Gasteiger charge is -2.00. The number of H-pyrrole nitrogens is 1. The van der Waals surface area contributed by atoms with Crippen LogP contribution in [0.2, 0.25) is 5.02 Å². The van der Waals surface area contributed by atoms with Gasteiger partial charge in [0, 0.05) is 21.3 Å². The molecule has 0 unspecified atom stereocenters. The molecule has 0 aliphatic carbocycles. The minimum atomic E-state index is -3.90. The van der Waals surface area contributed by atoms with Crippen molar-refractivity contribution in [1.82, 2.24) is 15.2 Å². The van der Waals surface area contributed by atoms with Crippen LogP contribution in [-0.2, 0) is 9.05 Å². The van der Waals surface area contributed by atoms with Gasteiger partial charge in [-0.1, -0.05) is 17.7 Å². The molecule has 0 spiro atoms. The highest BCUT2D eigenvalue weighted by atomic mass is 35.7. The first-order valence-electron chi connectivity index (χ1n) is 4.51. The first-order valence-corrected chi connectivity index (χ1v) is 7.20. The van der Waals surface area contributed by atoms with Gasteiger partial charge >= 0.3 is 0 Å². The lowest BCUT2D eigenvalue weighted by atomic mass is 10.1. The lowest BCUT2D eigenvalue weighted by molar-refractivity contribution is 0.602. The summed E-state index contributed by atoms with van der Waals surface area (Å²) in [7, 11) is 1.24. The average molecular weight is 292 g/mol. The third-order valence-corrected chi connectivity index (χ3v) is 3.45. The third kappa shape index (κ3) is 2.59. The Bertz CT molecular complexity index is 667. The van der Waals surface area contributed by atoms with Crippen LogP contribution in [0.5, 0.6) is 0 Å². The standard InChI is InChI=1S/C9H7Cl2N3O2S/c1-5-2-3-6(10)4-7(5)8-12-9(14-13-8)17(11,15)16/h2-4H,1H3,(H,12,13,14). The van der Waals surface area contributed by atoms with Gasteiger partial charge in [0.15, 0.2) is 5.82 Å². The molecule has 17 heavy (non-hydrogen) atoms. The van der Waals surface area contributed by atoms with Gasteiger partial charge in [-0.05, 0) is 24.6 Å². The molecule has 0 aliphatic heterocycles. The fraction of sp³-hybridized carbons (Fsp3) is 0.111. The molecule has 90 valence electrons. The lowest BCUT2D eigenvalue weighted by Crippen LogP contribution is -1.93. The highest BCUT2D eigenvalue weighted by molar-refractivity contribution is 8.13. The van der Waals surface area contributed by atoms with E-state index in [-0.39, 0.29) is 11.0 Å². The molecule has 8 heteroatoms. The number of nitrogens with one attached hydrogen (secondary N) is 1. The molecule has 0 atom stereocenters. The van der Waals surface area contributed by atoms with E-state index >= 15 is 0 Å². The van der Waals surface area contributed by atoms with Crippen LogP contribution in [0.3, 0.4) is 0 Å². The van der Waals surface area contributed by atoms with Crippen LogP contribution in [0.15, 0.2) is 23.4 Å². The largest absolute Gasteiger partial charge is 0.296 e. The summed E-state index contributed by atoms with van der Waals surface area (Å²) < 4.78 is 22.1. The Morgan fingerprint density at radius 3 is 2.65 bits per heavy atom. The first kappa shape index (κ1) is 12.3. The summed E-state index contributed by atoms with van der Waals surface area (Å²) in [6.07, 6.45) is 0. The van der Waals surface area contributed by atoms with Crippen LogP contribution in [0.25, 0.3) is 11.4 Å². The number of nitrogens with zero attached hydrogens (tertiary/aromatic N) is 2. The van der Waals surface area contributed by atoms with E-state index in [1.54, 1.807) is 18.2 Å². The predicted molar refractivity (Wildman–Crippen MR) is 64.6 cm³/mol. The Balaban J connectivity index is 2.55. The monoisotopic (exact) mass is 291 g/mol. The van der Waals surface area contributed by atoms with Crippen molar-refractivity contribution < 1.29 is 8.42 Å². The van der Waals surface area contributed by atoms with E-state index in [1.807, 2.05) is 6.92 Å². The van der Waals surface area contributed by atoms with Crippen LogP contribution in [0, 0.1) is 6.92 Å². The van der Waals surface area contributed by atoms with Crippen molar-refractivity contribution in [3.8, 4) is 11.4 Å². The summed E-state index contributed by atoms with van der Waals surface area (Å²) in [4.78, 5) is 3.81. The van der Waals surface area contributed by atoms with Crippen molar-refractivity contribution in [3.05, 3.63) is 28.8 Å². The second kappa shape index (κ2) is 4.29. The maximum absolute atomic E-state index is 11.0. The Kier molecular flexibility index (Phi) is 3.11. The summed E-state index contributed by atoms with van der Waals surface area (Å²) in [6, 6.07) is 5.18. The molecule has 0 amide bonds. The summed E-state index contributed by atoms with van der Waals surface area (Å²) in [6.45, 7) is 1.84. The smallest absolute Gasteiger partial charge is 0.248 e. The van der Waals surface area contributed by atoms with Gasteiger partial charge < -0.3 is 0 Å². The second-order valence-corrected chi connectivity index (χ2v) is 6.28. The molecule has 1 N–H and O–H groups in total. The molecule has 2 aromatic rings. The second-order valence-electron chi connectivity index (χ2n) is 3.36. The quantitative estimate of drug-likeness (QED) is 0.862. The first-order chi connectivity index (χ1) is 7.88. The zero-order valence-corrected chi connectivity index (χ0v) is 10.9. The molecular weight excluding hydrogens is 285 g/mol. The normalized spacial score (nSPS) is 11.7. The van der Waals surface area contributed by atoms with Gasteiger partial charge in [0.05, 0.1) is 0 Å². The SMILES string of the molecule is Cc1ccc(Cl)cc1-c1n[nH]c(S(=O)(=O)Cl)n1. The third-order valence-electron chi connectivity index (χ3n) is 2.14. The predicted octanol–water partition coefficient (Wildman–Crippen LogP) is 2.36. The van der Waals surface area contributed by atoms with Gasteiger partial charge in [0.25, 0.3) is 14.2 Å². The van der Waals surface area contributed by atoms with E-state index in [4.69, 9.17) is 22.3 Å². The summed E-state index contributed by atoms with van der Waals surface area (Å²) >= 11 is 5.85. The Hall–Kier alpha value is -1.11. The maximum atomic E-state index is 11.0. The van der Waals surface area contributed by atoms with E-state index in [9.17, 15) is 8.42 Å². The zero-order chi connectivity index (χ0) is 12.6. The van der Waals surface area contributed by atoms with Crippen LogP contribution in [0.1, 0.15) is 5.56 Å². The van der Waals surface area contributed by atoms with Crippen molar-refractivity contribution in [1.29, 1.82) is 0 Å². The van der Waals surface area contributed by atoms with E-state index in [2.05, 4.69) is 15.2 Å². The minimum Gasteiger partial charge on any atom is -0.248 e. The topological polar surface area (TPSA) is 75.7 Å². The van der Waals surface area contributed by atoms with Crippen LogP contribution in [-0.4, -0.2) is 23.6 Å². The van der Waals surface area contributed by atoms with Gasteiger partial charge in [-0.15, -0.1) is 0 Å². The Morgan fingerprint density at radius 1 is 1.35 bits per heavy atom. The molecule has 2 rings (SSSR count). The van der Waals surface area contributed by atoms with E-state index in [1.165, 1.54) is 0 Å². The average Bonchev–Trinajstić information content (AvgIpc) is 2.70. The van der Waals surface area contributed by atoms with Crippen molar-refractivity contribution in [3.63, 3.8) is 0 Å².